The molecule has 1 saturated heterocycles. The minimum atomic E-state index is -0.584. The van der Waals surface area contributed by atoms with Crippen molar-refractivity contribution in [3.63, 3.8) is 0 Å². The second-order valence-electron chi connectivity index (χ2n) is 5.97. The maximum Gasteiger partial charge on any atom is 0.247 e. The molecule has 4 nitrogen and oxygen atoms in total. The Kier molecular flexibility index (Phi) is 4.79. The molecule has 0 saturated carbocycles. The van der Waals surface area contributed by atoms with Gasteiger partial charge in [-0.25, -0.2) is 0 Å². The van der Waals surface area contributed by atoms with E-state index in [0.717, 1.165) is 30.9 Å². The average molecular weight is 310 g/mol. The van der Waals surface area contributed by atoms with E-state index in [1.807, 2.05) is 33.0 Å². The number of benzene rings is 1. The molecule has 1 aliphatic rings. The summed E-state index contributed by atoms with van der Waals surface area (Å²) < 4.78 is 0. The van der Waals surface area contributed by atoms with Crippen molar-refractivity contribution in [1.29, 1.82) is 0 Å². The van der Waals surface area contributed by atoms with Crippen LogP contribution in [0.1, 0.15) is 26.3 Å². The molecule has 5 heteroatoms. The van der Waals surface area contributed by atoms with Gasteiger partial charge < -0.3 is 15.1 Å². The molecule has 0 aromatic heterocycles. The van der Waals surface area contributed by atoms with Crippen molar-refractivity contribution in [2.24, 2.45) is 0 Å². The zero-order valence-electron chi connectivity index (χ0n) is 13.2. The summed E-state index contributed by atoms with van der Waals surface area (Å²) in [5.41, 5.74) is 1.53. The Hall–Kier alpha value is -1.26. The van der Waals surface area contributed by atoms with Crippen LogP contribution in [-0.2, 0) is 11.3 Å². The summed E-state index contributed by atoms with van der Waals surface area (Å²) in [7, 11) is 1.85. The lowest BCUT2D eigenvalue weighted by Crippen LogP contribution is -2.62. The highest BCUT2D eigenvalue weighted by atomic mass is 35.5. The molecule has 1 amide bonds. The van der Waals surface area contributed by atoms with Crippen LogP contribution in [0.3, 0.4) is 0 Å². The molecule has 1 aromatic carbocycles. The monoisotopic (exact) mass is 309 g/mol. The van der Waals surface area contributed by atoms with Crippen LogP contribution < -0.4 is 10.2 Å². The van der Waals surface area contributed by atoms with E-state index in [1.54, 1.807) is 4.90 Å². The Morgan fingerprint density at radius 2 is 2.05 bits per heavy atom. The quantitative estimate of drug-likeness (QED) is 0.928. The lowest BCUT2D eigenvalue weighted by atomic mass is 9.95. The average Bonchev–Trinajstić information content (AvgIpc) is 2.44. The van der Waals surface area contributed by atoms with E-state index in [-0.39, 0.29) is 5.91 Å². The molecule has 0 spiro atoms. The number of carbonyl (C=O) groups is 1. The molecule has 0 aliphatic carbocycles. The molecular formula is C16H24ClN3O. The number of amides is 1. The minimum Gasteiger partial charge on any atom is -0.354 e. The first-order chi connectivity index (χ1) is 9.89. The molecule has 0 atom stereocenters. The highest BCUT2D eigenvalue weighted by molar-refractivity contribution is 6.33. The van der Waals surface area contributed by atoms with Crippen molar-refractivity contribution in [1.82, 2.24) is 10.2 Å². The Labute approximate surface area is 132 Å². The van der Waals surface area contributed by atoms with Crippen LogP contribution in [0.5, 0.6) is 0 Å². The molecule has 116 valence electrons. The van der Waals surface area contributed by atoms with Crippen LogP contribution >= 0.6 is 11.6 Å². The van der Waals surface area contributed by atoms with E-state index in [4.69, 9.17) is 11.6 Å². The van der Waals surface area contributed by atoms with Crippen LogP contribution in [0.2, 0.25) is 5.02 Å². The van der Waals surface area contributed by atoms with Crippen LogP contribution in [0.15, 0.2) is 18.2 Å². The third-order valence-electron chi connectivity index (χ3n) is 4.11. The number of halogens is 1. The molecule has 1 N–H and O–H groups in total. The molecule has 21 heavy (non-hydrogen) atoms. The van der Waals surface area contributed by atoms with Crippen LogP contribution in [-0.4, -0.2) is 43.0 Å². The maximum absolute atomic E-state index is 12.5. The lowest BCUT2D eigenvalue weighted by Gasteiger charge is -2.47. The fraction of sp³-hybridized carbons (Fsp3) is 0.562. The molecule has 1 heterocycles. The number of nitrogens with one attached hydrogen (secondary N) is 1. The third-order valence-corrected chi connectivity index (χ3v) is 4.41. The summed E-state index contributed by atoms with van der Waals surface area (Å²) in [4.78, 5) is 16.4. The Morgan fingerprint density at radius 1 is 1.33 bits per heavy atom. The number of hydrogen-bond acceptors (Lipinski definition) is 3. The van der Waals surface area contributed by atoms with E-state index in [0.29, 0.717) is 11.6 Å². The van der Waals surface area contributed by atoms with Crippen molar-refractivity contribution in [3.8, 4) is 0 Å². The predicted octanol–water partition coefficient (Wildman–Crippen LogP) is 2.51. The summed E-state index contributed by atoms with van der Waals surface area (Å²) in [5.74, 6) is 0.128. The van der Waals surface area contributed by atoms with Gasteiger partial charge in [0, 0.05) is 26.7 Å². The van der Waals surface area contributed by atoms with E-state index >= 15 is 0 Å². The standard InChI is InChI=1S/C16H24ClN3O/c1-5-18-11-12-7-6-8-13(17)14(12)20-10-9-19(4)15(21)16(20,2)3/h6-8,18H,5,9-11H2,1-4H3. The number of likely N-dealkylation sites (N-methyl/N-ethyl adjacent to an activating group) is 1. The number of anilines is 1. The van der Waals surface area contributed by atoms with Gasteiger partial charge in [0.1, 0.15) is 5.54 Å². The topological polar surface area (TPSA) is 35.6 Å². The highest BCUT2D eigenvalue weighted by Crippen LogP contribution is 2.36. The SMILES string of the molecule is CCNCc1cccc(Cl)c1N1CCN(C)C(=O)C1(C)C. The first-order valence-corrected chi connectivity index (χ1v) is 7.78. The van der Waals surface area contributed by atoms with Crippen LogP contribution in [0, 0.1) is 0 Å². The molecule has 1 aromatic rings. The van der Waals surface area contributed by atoms with Crippen molar-refractivity contribution >= 4 is 23.2 Å². The van der Waals surface area contributed by atoms with Crippen molar-refractivity contribution in [3.05, 3.63) is 28.8 Å². The van der Waals surface area contributed by atoms with Crippen molar-refractivity contribution in [2.75, 3.05) is 31.6 Å². The predicted molar refractivity (Wildman–Crippen MR) is 87.9 cm³/mol. The van der Waals surface area contributed by atoms with Gasteiger partial charge in [-0.1, -0.05) is 30.7 Å². The smallest absolute Gasteiger partial charge is 0.247 e. The molecule has 0 bridgehead atoms. The highest BCUT2D eigenvalue weighted by Gasteiger charge is 2.41. The largest absolute Gasteiger partial charge is 0.354 e. The zero-order chi connectivity index (χ0) is 15.6. The van der Waals surface area contributed by atoms with Crippen LogP contribution in [0.25, 0.3) is 0 Å². The van der Waals surface area contributed by atoms with Gasteiger partial charge in [0.15, 0.2) is 0 Å². The third kappa shape index (κ3) is 3.01. The van der Waals surface area contributed by atoms with Crippen molar-refractivity contribution in [2.45, 2.75) is 32.9 Å². The Bertz CT molecular complexity index is 530. The van der Waals surface area contributed by atoms with E-state index in [2.05, 4.69) is 23.2 Å². The van der Waals surface area contributed by atoms with Gasteiger partial charge in [-0.15, -0.1) is 0 Å². The first kappa shape index (κ1) is 16.1. The Morgan fingerprint density at radius 3 is 2.71 bits per heavy atom. The lowest BCUT2D eigenvalue weighted by molar-refractivity contribution is -0.136. The number of piperazine rings is 1. The number of carbonyl (C=O) groups excluding carboxylic acids is 1. The molecule has 0 radical (unpaired) electrons. The van der Waals surface area contributed by atoms with Gasteiger partial charge in [0.2, 0.25) is 5.91 Å². The van der Waals surface area contributed by atoms with Crippen molar-refractivity contribution < 1.29 is 4.79 Å². The molecule has 1 aliphatic heterocycles. The molecule has 1 fully saturated rings. The van der Waals surface area contributed by atoms with Gasteiger partial charge in [-0.2, -0.15) is 0 Å². The van der Waals surface area contributed by atoms with Gasteiger partial charge in [0.05, 0.1) is 10.7 Å². The van der Waals surface area contributed by atoms with Gasteiger partial charge in [0.25, 0.3) is 0 Å². The molecule has 0 unspecified atom stereocenters. The number of hydrogen-bond donors (Lipinski definition) is 1. The van der Waals surface area contributed by atoms with E-state index in [1.165, 1.54) is 0 Å². The summed E-state index contributed by atoms with van der Waals surface area (Å²) >= 11 is 6.46. The summed E-state index contributed by atoms with van der Waals surface area (Å²) in [6.07, 6.45) is 0. The first-order valence-electron chi connectivity index (χ1n) is 7.41. The second kappa shape index (κ2) is 6.24. The van der Waals surface area contributed by atoms with Gasteiger partial charge >= 0.3 is 0 Å². The Balaban J connectivity index is 2.43. The number of rotatable bonds is 4. The van der Waals surface area contributed by atoms with Gasteiger partial charge in [-0.05, 0) is 32.0 Å². The fourth-order valence-corrected chi connectivity index (χ4v) is 3.17. The normalized spacial score (nSPS) is 18.2. The van der Waals surface area contributed by atoms with E-state index in [9.17, 15) is 4.79 Å². The summed E-state index contributed by atoms with van der Waals surface area (Å²) in [5, 5.41) is 4.04. The van der Waals surface area contributed by atoms with Crippen LogP contribution in [0.4, 0.5) is 5.69 Å². The molecular weight excluding hydrogens is 286 g/mol. The summed E-state index contributed by atoms with van der Waals surface area (Å²) in [6, 6.07) is 5.93. The van der Waals surface area contributed by atoms with E-state index < -0.39 is 5.54 Å². The second-order valence-corrected chi connectivity index (χ2v) is 6.37. The minimum absolute atomic E-state index is 0.128. The van der Waals surface area contributed by atoms with Gasteiger partial charge in [-0.3, -0.25) is 4.79 Å². The number of nitrogens with zero attached hydrogens (tertiary/aromatic N) is 2. The summed E-state index contributed by atoms with van der Waals surface area (Å²) in [6.45, 7) is 9.16. The number of para-hydroxylation sites is 1. The zero-order valence-corrected chi connectivity index (χ0v) is 14.0. The molecule has 2 rings (SSSR count). The fourth-order valence-electron chi connectivity index (χ4n) is 2.87. The maximum atomic E-state index is 12.5.